The van der Waals surface area contributed by atoms with Crippen LogP contribution in [0, 0.1) is 0 Å². The van der Waals surface area contributed by atoms with Gasteiger partial charge in [0, 0.05) is 32.6 Å². The molecule has 0 unspecified atom stereocenters. The number of rotatable bonds is 14. The number of aromatic nitrogens is 2. The summed E-state index contributed by atoms with van der Waals surface area (Å²) in [5, 5.41) is 12.3. The van der Waals surface area contributed by atoms with Crippen LogP contribution in [0.25, 0.3) is 11.1 Å². The molecule has 2 aromatic carbocycles. The third-order valence-corrected chi connectivity index (χ3v) is 8.87. The van der Waals surface area contributed by atoms with Gasteiger partial charge in [-0.3, -0.25) is 24.8 Å². The molecule has 14 nitrogen and oxygen atoms in total. The lowest BCUT2D eigenvalue weighted by molar-refractivity contribution is -0.163. The van der Waals surface area contributed by atoms with Crippen molar-refractivity contribution in [1.29, 1.82) is 0 Å². The molecule has 0 radical (unpaired) electrons. The van der Waals surface area contributed by atoms with Crippen LogP contribution in [-0.4, -0.2) is 93.4 Å². The van der Waals surface area contributed by atoms with Gasteiger partial charge in [-0.05, 0) is 74.4 Å². The average Bonchev–Trinajstić information content (AvgIpc) is 3.08. The summed E-state index contributed by atoms with van der Waals surface area (Å²) in [6, 6.07) is 16.5. The summed E-state index contributed by atoms with van der Waals surface area (Å²) in [5.41, 5.74) is 25.6. The number of carbonyl (C=O) groups is 3. The standard InChI is InChI=1S/C34H45ClN10O4/c1-34(32(48)49)21-44(18-4-16-36)19-20-45(34)26(46)15-10-23-8-13-25(14-9-23)24-11-6-22(7-12-24)5-2-3-17-40-33(39)43-31(47)27-29(37)42-30(38)28(35)41-27/h6-9,11-14H,2-5,10,15-21,36H2,1H3,(H,48,49)(H4,37,38,42)(H3,39,40,43,47)/t34-/m1/s1. The third kappa shape index (κ3) is 9.87. The molecule has 3 aromatic rings. The van der Waals surface area contributed by atoms with E-state index in [1.807, 2.05) is 24.3 Å². The molecule has 1 saturated heterocycles. The highest BCUT2D eigenvalue weighted by Gasteiger charge is 2.46. The number of unbranched alkanes of at least 4 members (excludes halogenated alkanes) is 1. The number of nitrogens with zero attached hydrogens (tertiary/aromatic N) is 5. The molecule has 1 aliphatic heterocycles. The van der Waals surface area contributed by atoms with Crippen LogP contribution in [0.15, 0.2) is 53.5 Å². The predicted molar refractivity (Wildman–Crippen MR) is 191 cm³/mol. The fraction of sp³-hybridized carbons (Fsp3) is 0.412. The molecular weight excluding hydrogens is 648 g/mol. The fourth-order valence-corrected chi connectivity index (χ4v) is 5.88. The van der Waals surface area contributed by atoms with Crippen molar-refractivity contribution in [2.24, 2.45) is 16.5 Å². The zero-order chi connectivity index (χ0) is 35.6. The molecule has 1 aliphatic rings. The number of carbonyl (C=O) groups excluding carboxylic acids is 2. The topological polar surface area (TPSA) is 232 Å². The van der Waals surface area contributed by atoms with Gasteiger partial charge >= 0.3 is 5.97 Å². The van der Waals surface area contributed by atoms with Crippen LogP contribution < -0.4 is 28.3 Å². The Kier molecular flexibility index (Phi) is 12.9. The van der Waals surface area contributed by atoms with Crippen molar-refractivity contribution in [1.82, 2.24) is 25.1 Å². The van der Waals surface area contributed by atoms with E-state index in [4.69, 9.17) is 34.5 Å². The van der Waals surface area contributed by atoms with Gasteiger partial charge in [-0.15, -0.1) is 0 Å². The van der Waals surface area contributed by atoms with Gasteiger partial charge in [0.15, 0.2) is 28.4 Å². The molecule has 1 fully saturated rings. The minimum Gasteiger partial charge on any atom is -0.479 e. The van der Waals surface area contributed by atoms with E-state index in [0.717, 1.165) is 48.9 Å². The number of aliphatic carboxylic acids is 1. The van der Waals surface area contributed by atoms with Crippen LogP contribution in [0.4, 0.5) is 11.6 Å². The number of hydrogen-bond donors (Lipinski definition) is 6. The molecular formula is C34H45ClN10O4. The van der Waals surface area contributed by atoms with Crippen LogP contribution in [0.5, 0.6) is 0 Å². The number of amides is 2. The van der Waals surface area contributed by atoms with Crippen molar-refractivity contribution >= 4 is 47.0 Å². The summed E-state index contributed by atoms with van der Waals surface area (Å²) in [5.74, 6) is -2.11. The highest BCUT2D eigenvalue weighted by atomic mass is 35.5. The minimum atomic E-state index is -1.26. The van der Waals surface area contributed by atoms with Crippen molar-refractivity contribution in [3.63, 3.8) is 0 Å². The number of nitrogens with one attached hydrogen (secondary N) is 1. The van der Waals surface area contributed by atoms with Crippen molar-refractivity contribution in [3.8, 4) is 11.1 Å². The zero-order valence-electron chi connectivity index (χ0n) is 27.7. The lowest BCUT2D eigenvalue weighted by atomic mass is 9.94. The summed E-state index contributed by atoms with van der Waals surface area (Å²) in [7, 11) is 0. The number of carboxylic acid groups (broad SMARTS) is 1. The molecule has 262 valence electrons. The first kappa shape index (κ1) is 37.0. The van der Waals surface area contributed by atoms with Crippen molar-refractivity contribution in [3.05, 3.63) is 70.5 Å². The number of guanidine groups is 1. The Morgan fingerprint density at radius 1 is 0.939 bits per heavy atom. The smallest absolute Gasteiger partial charge is 0.330 e. The van der Waals surface area contributed by atoms with Crippen molar-refractivity contribution in [2.45, 2.75) is 51.0 Å². The van der Waals surface area contributed by atoms with Gasteiger partial charge < -0.3 is 32.9 Å². The molecule has 10 N–H and O–H groups in total. The minimum absolute atomic E-state index is 0.0601. The zero-order valence-corrected chi connectivity index (χ0v) is 28.5. The lowest BCUT2D eigenvalue weighted by Crippen LogP contribution is -2.66. The molecule has 2 amide bonds. The molecule has 0 spiro atoms. The molecule has 0 bridgehead atoms. The molecule has 49 heavy (non-hydrogen) atoms. The van der Waals surface area contributed by atoms with E-state index in [2.05, 4.69) is 49.4 Å². The molecule has 15 heteroatoms. The highest BCUT2D eigenvalue weighted by molar-refractivity contribution is 6.31. The second-order valence-electron chi connectivity index (χ2n) is 12.2. The number of nitrogens with two attached hydrogens (primary N) is 4. The summed E-state index contributed by atoms with van der Waals surface area (Å²) >= 11 is 5.82. The number of carboxylic acids is 1. The Morgan fingerprint density at radius 3 is 2.18 bits per heavy atom. The molecule has 0 saturated carbocycles. The van der Waals surface area contributed by atoms with Gasteiger partial charge in [0.05, 0.1) is 0 Å². The van der Waals surface area contributed by atoms with Crippen LogP contribution >= 0.6 is 11.6 Å². The second kappa shape index (κ2) is 17.0. The summed E-state index contributed by atoms with van der Waals surface area (Å²) < 4.78 is 0. The lowest BCUT2D eigenvalue weighted by Gasteiger charge is -2.46. The van der Waals surface area contributed by atoms with E-state index in [9.17, 15) is 19.5 Å². The van der Waals surface area contributed by atoms with E-state index in [1.54, 1.807) is 6.92 Å². The second-order valence-corrected chi connectivity index (χ2v) is 12.6. The van der Waals surface area contributed by atoms with Crippen molar-refractivity contribution < 1.29 is 19.5 Å². The van der Waals surface area contributed by atoms with Crippen molar-refractivity contribution in [2.75, 3.05) is 50.7 Å². The average molecular weight is 693 g/mol. The third-order valence-electron chi connectivity index (χ3n) is 8.59. The fourth-order valence-electron chi connectivity index (χ4n) is 5.75. The van der Waals surface area contributed by atoms with Gasteiger partial charge in [-0.1, -0.05) is 60.1 Å². The molecule has 2 heterocycles. The Hall–Kier alpha value is -4.79. The maximum absolute atomic E-state index is 13.2. The predicted octanol–water partition coefficient (Wildman–Crippen LogP) is 2.30. The number of anilines is 2. The normalized spacial score (nSPS) is 16.8. The van der Waals surface area contributed by atoms with Gasteiger partial charge in [-0.2, -0.15) is 0 Å². The number of hydrogen-bond acceptors (Lipinski definition) is 10. The van der Waals surface area contributed by atoms with E-state index in [1.165, 1.54) is 10.5 Å². The Labute approximate surface area is 290 Å². The molecule has 0 aliphatic carbocycles. The number of halogens is 1. The molecule has 4 rings (SSSR count). The van der Waals surface area contributed by atoms with Crippen LogP contribution in [-0.2, 0) is 22.4 Å². The van der Waals surface area contributed by atoms with E-state index in [0.29, 0.717) is 39.1 Å². The first-order valence-electron chi connectivity index (χ1n) is 16.3. The van der Waals surface area contributed by atoms with Gasteiger partial charge in [0.25, 0.3) is 5.91 Å². The molecule has 1 aromatic heterocycles. The van der Waals surface area contributed by atoms with Gasteiger partial charge in [-0.25, -0.2) is 14.8 Å². The summed E-state index contributed by atoms with van der Waals surface area (Å²) in [6.07, 6.45) is 4.06. The maximum atomic E-state index is 13.2. The van der Waals surface area contributed by atoms with Gasteiger partial charge in [0.1, 0.15) is 5.54 Å². The number of piperazine rings is 1. The number of aryl methyl sites for hydroxylation is 2. The summed E-state index contributed by atoms with van der Waals surface area (Å²) in [4.78, 5) is 53.1. The van der Waals surface area contributed by atoms with Crippen LogP contribution in [0.1, 0.15) is 54.2 Å². The highest BCUT2D eigenvalue weighted by Crippen LogP contribution is 2.25. The van der Waals surface area contributed by atoms with E-state index >= 15 is 0 Å². The van der Waals surface area contributed by atoms with Crippen LogP contribution in [0.2, 0.25) is 5.15 Å². The quantitative estimate of drug-likeness (QED) is 0.0815. The monoisotopic (exact) mass is 692 g/mol. The Balaban J connectivity index is 1.21. The van der Waals surface area contributed by atoms with Gasteiger partial charge in [0.2, 0.25) is 5.91 Å². The SMILES string of the molecule is C[C@]1(C(=O)O)CN(CCCN)CCN1C(=O)CCc1ccc(-c2ccc(CCCCN=C(N)NC(=O)c3nc(Cl)c(N)nc3N)cc2)cc1. The number of aliphatic imine (C=N–C) groups is 1. The molecule has 1 atom stereocenters. The van der Waals surface area contributed by atoms with Crippen LogP contribution in [0.3, 0.4) is 0 Å². The first-order chi connectivity index (χ1) is 23.4. The summed E-state index contributed by atoms with van der Waals surface area (Å²) in [6.45, 7) is 4.66. The maximum Gasteiger partial charge on any atom is 0.330 e. The van der Waals surface area contributed by atoms with E-state index < -0.39 is 17.4 Å². The number of nitrogen functional groups attached to an aromatic ring is 2. The number of benzene rings is 2. The Morgan fingerprint density at radius 2 is 1.57 bits per heavy atom. The first-order valence-corrected chi connectivity index (χ1v) is 16.6. The van der Waals surface area contributed by atoms with E-state index in [-0.39, 0.29) is 40.8 Å². The largest absolute Gasteiger partial charge is 0.479 e. The Bertz CT molecular complexity index is 1650.